The SMILES string of the molecule is CCc1cc(C(=O)N2CCCC2C(C)C)cc(Cl)n1. The van der Waals surface area contributed by atoms with Crippen molar-refractivity contribution < 1.29 is 4.79 Å². The van der Waals surface area contributed by atoms with Gasteiger partial charge in [0.05, 0.1) is 0 Å². The summed E-state index contributed by atoms with van der Waals surface area (Å²) >= 11 is 6.00. The third-order valence-corrected chi connectivity index (χ3v) is 3.98. The van der Waals surface area contributed by atoms with E-state index in [0.717, 1.165) is 31.5 Å². The largest absolute Gasteiger partial charge is 0.335 e. The lowest BCUT2D eigenvalue weighted by atomic mass is 10.0. The van der Waals surface area contributed by atoms with E-state index in [0.29, 0.717) is 22.7 Å². The van der Waals surface area contributed by atoms with Gasteiger partial charge in [-0.2, -0.15) is 0 Å². The van der Waals surface area contributed by atoms with Crippen LogP contribution in [0.5, 0.6) is 0 Å². The maximum absolute atomic E-state index is 12.6. The molecule has 1 aliphatic rings. The molecule has 1 fully saturated rings. The number of nitrogens with zero attached hydrogens (tertiary/aromatic N) is 2. The highest BCUT2D eigenvalue weighted by atomic mass is 35.5. The third-order valence-electron chi connectivity index (χ3n) is 3.79. The molecule has 0 aliphatic carbocycles. The Morgan fingerprint density at radius 1 is 1.53 bits per heavy atom. The predicted octanol–water partition coefficient (Wildman–Crippen LogP) is 3.56. The summed E-state index contributed by atoms with van der Waals surface area (Å²) < 4.78 is 0. The maximum atomic E-state index is 12.6. The lowest BCUT2D eigenvalue weighted by Gasteiger charge is -2.27. The first-order valence-corrected chi connectivity index (χ1v) is 7.38. The van der Waals surface area contributed by atoms with Crippen LogP contribution in [0.4, 0.5) is 0 Å². The minimum Gasteiger partial charge on any atom is -0.335 e. The van der Waals surface area contributed by atoms with Gasteiger partial charge >= 0.3 is 0 Å². The Kier molecular flexibility index (Phi) is 4.46. The average molecular weight is 281 g/mol. The summed E-state index contributed by atoms with van der Waals surface area (Å²) in [5.74, 6) is 0.588. The average Bonchev–Trinajstić information content (AvgIpc) is 2.86. The van der Waals surface area contributed by atoms with Gasteiger partial charge in [0.15, 0.2) is 0 Å². The molecule has 0 N–H and O–H groups in total. The molecule has 1 aromatic rings. The lowest BCUT2D eigenvalue weighted by molar-refractivity contribution is 0.0701. The van der Waals surface area contributed by atoms with E-state index in [4.69, 9.17) is 11.6 Å². The molecular formula is C15H21ClN2O. The Morgan fingerprint density at radius 2 is 2.26 bits per heavy atom. The predicted molar refractivity (Wildman–Crippen MR) is 77.5 cm³/mol. The Bertz CT molecular complexity index is 473. The Balaban J connectivity index is 2.26. The molecule has 0 saturated carbocycles. The smallest absolute Gasteiger partial charge is 0.254 e. The fourth-order valence-corrected chi connectivity index (χ4v) is 2.99. The van der Waals surface area contributed by atoms with Crippen molar-refractivity contribution in [1.29, 1.82) is 0 Å². The Hall–Kier alpha value is -1.09. The van der Waals surface area contributed by atoms with Crippen molar-refractivity contribution in [3.8, 4) is 0 Å². The number of carbonyl (C=O) groups excluding carboxylic acids is 1. The zero-order chi connectivity index (χ0) is 14.0. The Morgan fingerprint density at radius 3 is 2.89 bits per heavy atom. The highest BCUT2D eigenvalue weighted by Crippen LogP contribution is 2.26. The number of likely N-dealkylation sites (tertiary alicyclic amines) is 1. The van der Waals surface area contributed by atoms with E-state index in [1.54, 1.807) is 6.07 Å². The van der Waals surface area contributed by atoms with Crippen LogP contribution in [-0.2, 0) is 6.42 Å². The second-order valence-electron chi connectivity index (χ2n) is 5.48. The number of hydrogen-bond acceptors (Lipinski definition) is 2. The summed E-state index contributed by atoms with van der Waals surface area (Å²) in [5.41, 5.74) is 1.54. The van der Waals surface area contributed by atoms with Crippen LogP contribution in [0.25, 0.3) is 0 Å². The van der Waals surface area contributed by atoms with Crippen molar-refractivity contribution in [3.05, 3.63) is 28.5 Å². The number of rotatable bonds is 3. The highest BCUT2D eigenvalue weighted by Gasteiger charge is 2.31. The Labute approximate surface area is 120 Å². The van der Waals surface area contributed by atoms with Gasteiger partial charge in [0, 0.05) is 23.8 Å². The number of amides is 1. The second kappa shape index (κ2) is 5.91. The fourth-order valence-electron chi connectivity index (χ4n) is 2.76. The van der Waals surface area contributed by atoms with E-state index in [1.165, 1.54) is 0 Å². The van der Waals surface area contributed by atoms with Gasteiger partial charge in [-0.05, 0) is 37.3 Å². The van der Waals surface area contributed by atoms with E-state index in [1.807, 2.05) is 17.9 Å². The van der Waals surface area contributed by atoms with Crippen molar-refractivity contribution in [3.63, 3.8) is 0 Å². The number of carbonyl (C=O) groups is 1. The van der Waals surface area contributed by atoms with Gasteiger partial charge in [-0.1, -0.05) is 32.4 Å². The van der Waals surface area contributed by atoms with Crippen molar-refractivity contribution in [2.75, 3.05) is 6.54 Å². The van der Waals surface area contributed by atoms with Gasteiger partial charge in [0.2, 0.25) is 0 Å². The molecule has 0 aromatic carbocycles. The molecule has 104 valence electrons. The molecule has 1 unspecified atom stereocenters. The fraction of sp³-hybridized carbons (Fsp3) is 0.600. The number of hydrogen-bond donors (Lipinski definition) is 0. The van der Waals surface area contributed by atoms with Crippen molar-refractivity contribution >= 4 is 17.5 Å². The first kappa shape index (κ1) is 14.3. The summed E-state index contributed by atoms with van der Waals surface area (Å²) in [7, 11) is 0. The van der Waals surface area contributed by atoms with E-state index < -0.39 is 0 Å². The number of halogens is 1. The molecule has 2 heterocycles. The highest BCUT2D eigenvalue weighted by molar-refractivity contribution is 6.29. The molecule has 3 nitrogen and oxygen atoms in total. The van der Waals surface area contributed by atoms with Crippen molar-refractivity contribution in [2.45, 2.75) is 46.1 Å². The zero-order valence-corrected chi connectivity index (χ0v) is 12.6. The summed E-state index contributed by atoms with van der Waals surface area (Å²) in [6.45, 7) is 7.21. The maximum Gasteiger partial charge on any atom is 0.254 e. The minimum absolute atomic E-state index is 0.0928. The number of aryl methyl sites for hydroxylation is 1. The molecule has 1 atom stereocenters. The number of pyridine rings is 1. The summed E-state index contributed by atoms with van der Waals surface area (Å²) in [6, 6.07) is 3.90. The van der Waals surface area contributed by atoms with E-state index in [-0.39, 0.29) is 5.91 Å². The van der Waals surface area contributed by atoms with Crippen LogP contribution in [0.1, 0.15) is 49.7 Å². The standard InChI is InChI=1S/C15H21ClN2O/c1-4-12-8-11(9-14(16)17-12)15(19)18-7-5-6-13(18)10(2)3/h8-10,13H,4-7H2,1-3H3. The number of aromatic nitrogens is 1. The second-order valence-corrected chi connectivity index (χ2v) is 5.86. The van der Waals surface area contributed by atoms with Gasteiger partial charge in [-0.3, -0.25) is 4.79 Å². The topological polar surface area (TPSA) is 33.2 Å². The minimum atomic E-state index is 0.0928. The molecule has 1 saturated heterocycles. The molecule has 4 heteroatoms. The van der Waals surface area contributed by atoms with Crippen LogP contribution < -0.4 is 0 Å². The molecular weight excluding hydrogens is 260 g/mol. The summed E-state index contributed by atoms with van der Waals surface area (Å²) in [6.07, 6.45) is 2.98. The first-order chi connectivity index (χ1) is 9.02. The van der Waals surface area contributed by atoms with Crippen molar-refractivity contribution in [1.82, 2.24) is 9.88 Å². The molecule has 0 spiro atoms. The lowest BCUT2D eigenvalue weighted by Crippen LogP contribution is -2.38. The van der Waals surface area contributed by atoms with Gasteiger partial charge in [0.1, 0.15) is 5.15 Å². The van der Waals surface area contributed by atoms with Crippen LogP contribution in [0.15, 0.2) is 12.1 Å². The first-order valence-electron chi connectivity index (χ1n) is 7.00. The molecule has 2 rings (SSSR count). The molecule has 1 aliphatic heterocycles. The molecule has 19 heavy (non-hydrogen) atoms. The monoisotopic (exact) mass is 280 g/mol. The van der Waals surface area contributed by atoms with Crippen LogP contribution in [-0.4, -0.2) is 28.4 Å². The van der Waals surface area contributed by atoms with E-state index in [2.05, 4.69) is 18.8 Å². The van der Waals surface area contributed by atoms with Crippen LogP contribution in [0, 0.1) is 5.92 Å². The third kappa shape index (κ3) is 3.08. The van der Waals surface area contributed by atoms with Gasteiger partial charge in [-0.25, -0.2) is 4.98 Å². The summed E-state index contributed by atoms with van der Waals surface area (Å²) in [4.78, 5) is 18.8. The molecule has 1 aromatic heterocycles. The molecule has 0 bridgehead atoms. The van der Waals surface area contributed by atoms with Gasteiger partial charge in [-0.15, -0.1) is 0 Å². The van der Waals surface area contributed by atoms with Crippen molar-refractivity contribution in [2.24, 2.45) is 5.92 Å². The van der Waals surface area contributed by atoms with Crippen LogP contribution in [0.2, 0.25) is 5.15 Å². The zero-order valence-electron chi connectivity index (χ0n) is 11.8. The van der Waals surface area contributed by atoms with E-state index >= 15 is 0 Å². The van der Waals surface area contributed by atoms with Crippen LogP contribution >= 0.6 is 11.6 Å². The molecule has 1 amide bonds. The van der Waals surface area contributed by atoms with E-state index in [9.17, 15) is 4.79 Å². The quantitative estimate of drug-likeness (QED) is 0.793. The van der Waals surface area contributed by atoms with Gasteiger partial charge in [0.25, 0.3) is 5.91 Å². The van der Waals surface area contributed by atoms with Crippen LogP contribution in [0.3, 0.4) is 0 Å². The summed E-state index contributed by atoms with van der Waals surface area (Å²) in [5, 5.41) is 0.406. The molecule has 0 radical (unpaired) electrons. The van der Waals surface area contributed by atoms with Gasteiger partial charge < -0.3 is 4.90 Å². The normalized spacial score (nSPS) is 19.2.